The summed E-state index contributed by atoms with van der Waals surface area (Å²) in [5.41, 5.74) is 4.01. The number of anilines is 1. The molecule has 1 N–H and O–H groups in total. The number of benzene rings is 2. The molecule has 0 aliphatic carbocycles. The number of fused-ring (bicyclic) bond motifs is 1. The topological polar surface area (TPSA) is 46.8 Å². The van der Waals surface area contributed by atoms with E-state index in [9.17, 15) is 0 Å². The lowest BCUT2D eigenvalue weighted by molar-refractivity contribution is 0.414. The maximum atomic E-state index is 5.63. The molecular weight excluding hydrogens is 300 g/mol. The molecule has 0 fully saturated rings. The fraction of sp³-hybridized carbons (Fsp3) is 0.150. The van der Waals surface area contributed by atoms with Crippen LogP contribution >= 0.6 is 0 Å². The molecule has 3 aromatic rings. The van der Waals surface area contributed by atoms with Crippen LogP contribution in [0.2, 0.25) is 0 Å². The molecule has 0 saturated carbocycles. The molecule has 0 radical (unpaired) electrons. The first-order chi connectivity index (χ1) is 11.8. The number of hydrogen-bond donors (Lipinski definition) is 1. The molecule has 2 heterocycles. The zero-order valence-corrected chi connectivity index (χ0v) is 13.4. The monoisotopic (exact) mass is 318 g/mol. The molecule has 4 nitrogen and oxygen atoms in total. The van der Waals surface area contributed by atoms with Crippen molar-refractivity contribution in [2.45, 2.75) is 12.5 Å². The van der Waals surface area contributed by atoms with Crippen LogP contribution in [-0.2, 0) is 0 Å². The number of furan rings is 1. The largest absolute Gasteiger partial charge is 0.497 e. The van der Waals surface area contributed by atoms with E-state index in [1.54, 1.807) is 13.4 Å². The zero-order chi connectivity index (χ0) is 16.4. The quantitative estimate of drug-likeness (QED) is 0.742. The lowest BCUT2D eigenvalue weighted by Gasteiger charge is -2.16. The Morgan fingerprint density at radius 2 is 2.00 bits per heavy atom. The van der Waals surface area contributed by atoms with Gasteiger partial charge in [-0.05, 0) is 42.0 Å². The van der Waals surface area contributed by atoms with Crippen molar-refractivity contribution in [1.29, 1.82) is 0 Å². The van der Waals surface area contributed by atoms with Gasteiger partial charge in [0, 0.05) is 6.42 Å². The van der Waals surface area contributed by atoms with Crippen LogP contribution in [0.4, 0.5) is 11.4 Å². The third-order valence-corrected chi connectivity index (χ3v) is 4.18. The molecule has 0 bridgehead atoms. The lowest BCUT2D eigenvalue weighted by Crippen LogP contribution is -2.13. The molecule has 1 aliphatic rings. The van der Waals surface area contributed by atoms with Crippen LogP contribution in [0, 0.1) is 0 Å². The van der Waals surface area contributed by atoms with Gasteiger partial charge in [0.15, 0.2) is 0 Å². The molecule has 1 aromatic heterocycles. The normalized spacial score (nSPS) is 16.5. The Bertz CT molecular complexity index is 869. The highest BCUT2D eigenvalue weighted by atomic mass is 16.5. The van der Waals surface area contributed by atoms with Crippen molar-refractivity contribution in [2.24, 2.45) is 4.99 Å². The molecule has 4 rings (SSSR count). The van der Waals surface area contributed by atoms with Gasteiger partial charge in [0.25, 0.3) is 0 Å². The summed E-state index contributed by atoms with van der Waals surface area (Å²) < 4.78 is 11.0. The summed E-state index contributed by atoms with van der Waals surface area (Å²) in [5, 5.41) is 3.55. The van der Waals surface area contributed by atoms with Gasteiger partial charge in [-0.15, -0.1) is 0 Å². The molecule has 0 amide bonds. The summed E-state index contributed by atoms with van der Waals surface area (Å²) >= 11 is 0. The lowest BCUT2D eigenvalue weighted by atomic mass is 10.0. The number of ether oxygens (including phenoxy) is 1. The Hall–Kier alpha value is -3.01. The third-order valence-electron chi connectivity index (χ3n) is 4.18. The highest BCUT2D eigenvalue weighted by Crippen LogP contribution is 2.35. The molecule has 120 valence electrons. The Morgan fingerprint density at radius 1 is 1.08 bits per heavy atom. The average molecular weight is 318 g/mol. The van der Waals surface area contributed by atoms with Crippen molar-refractivity contribution in [3.05, 3.63) is 78.3 Å². The first kappa shape index (κ1) is 14.6. The summed E-state index contributed by atoms with van der Waals surface area (Å²) in [6, 6.07) is 20.0. The van der Waals surface area contributed by atoms with Crippen LogP contribution < -0.4 is 10.1 Å². The number of nitrogens with one attached hydrogen (secondary N) is 1. The number of nitrogens with zero attached hydrogens (tertiary/aromatic N) is 1. The van der Waals surface area contributed by atoms with Gasteiger partial charge in [0.2, 0.25) is 0 Å². The Labute approximate surface area is 140 Å². The fourth-order valence-corrected chi connectivity index (χ4v) is 2.96. The summed E-state index contributed by atoms with van der Waals surface area (Å²) in [6.07, 6.45) is 2.44. The summed E-state index contributed by atoms with van der Waals surface area (Å²) in [4.78, 5) is 4.90. The van der Waals surface area contributed by atoms with E-state index in [4.69, 9.17) is 14.1 Å². The molecule has 24 heavy (non-hydrogen) atoms. The van der Waals surface area contributed by atoms with Crippen LogP contribution in [0.5, 0.6) is 5.75 Å². The first-order valence-electron chi connectivity index (χ1n) is 7.94. The molecule has 2 aromatic carbocycles. The van der Waals surface area contributed by atoms with Crippen LogP contribution in [-0.4, -0.2) is 12.8 Å². The van der Waals surface area contributed by atoms with E-state index in [1.165, 1.54) is 0 Å². The molecule has 0 spiro atoms. The molecule has 1 atom stereocenters. The van der Waals surface area contributed by atoms with Gasteiger partial charge in [-0.3, -0.25) is 4.99 Å². The summed E-state index contributed by atoms with van der Waals surface area (Å²) in [5.74, 6) is 1.73. The van der Waals surface area contributed by atoms with Crippen molar-refractivity contribution < 1.29 is 9.15 Å². The second-order valence-electron chi connectivity index (χ2n) is 5.72. The zero-order valence-electron chi connectivity index (χ0n) is 13.4. The molecule has 1 unspecified atom stereocenters. The SMILES string of the molecule is COc1cccc(C2=Nc3ccccc3NC(c3ccco3)C2)c1. The molecular formula is C20H18N2O2. The number of rotatable bonds is 3. The Morgan fingerprint density at radius 3 is 2.83 bits per heavy atom. The molecule has 1 aliphatic heterocycles. The van der Waals surface area contributed by atoms with E-state index in [0.29, 0.717) is 0 Å². The molecule has 0 saturated heterocycles. The molecule has 4 heteroatoms. The number of para-hydroxylation sites is 2. The van der Waals surface area contributed by atoms with Crippen molar-refractivity contribution >= 4 is 17.1 Å². The van der Waals surface area contributed by atoms with E-state index >= 15 is 0 Å². The first-order valence-corrected chi connectivity index (χ1v) is 7.94. The van der Waals surface area contributed by atoms with Crippen molar-refractivity contribution in [2.75, 3.05) is 12.4 Å². The smallest absolute Gasteiger partial charge is 0.126 e. The van der Waals surface area contributed by atoms with E-state index < -0.39 is 0 Å². The van der Waals surface area contributed by atoms with E-state index in [-0.39, 0.29) is 6.04 Å². The van der Waals surface area contributed by atoms with Crippen molar-refractivity contribution in [3.63, 3.8) is 0 Å². The van der Waals surface area contributed by atoms with E-state index in [2.05, 4.69) is 11.4 Å². The Kier molecular flexibility index (Phi) is 3.79. The highest BCUT2D eigenvalue weighted by molar-refractivity contribution is 6.04. The van der Waals surface area contributed by atoms with Crippen LogP contribution in [0.25, 0.3) is 0 Å². The average Bonchev–Trinajstić information content (AvgIpc) is 3.09. The van der Waals surface area contributed by atoms with Gasteiger partial charge in [-0.2, -0.15) is 0 Å². The van der Waals surface area contributed by atoms with Gasteiger partial charge < -0.3 is 14.5 Å². The summed E-state index contributed by atoms with van der Waals surface area (Å²) in [7, 11) is 1.68. The van der Waals surface area contributed by atoms with Gasteiger partial charge in [0.05, 0.1) is 36.5 Å². The van der Waals surface area contributed by atoms with Crippen molar-refractivity contribution in [1.82, 2.24) is 0 Å². The van der Waals surface area contributed by atoms with E-state index in [0.717, 1.165) is 40.6 Å². The van der Waals surface area contributed by atoms with Gasteiger partial charge in [0.1, 0.15) is 11.5 Å². The fourth-order valence-electron chi connectivity index (χ4n) is 2.96. The predicted molar refractivity (Wildman–Crippen MR) is 95.3 cm³/mol. The number of hydrogen-bond acceptors (Lipinski definition) is 4. The van der Waals surface area contributed by atoms with Crippen molar-refractivity contribution in [3.8, 4) is 5.75 Å². The minimum absolute atomic E-state index is 0.0357. The predicted octanol–water partition coefficient (Wildman–Crippen LogP) is 4.97. The second-order valence-corrected chi connectivity index (χ2v) is 5.72. The van der Waals surface area contributed by atoms with Crippen LogP contribution in [0.15, 0.2) is 76.3 Å². The van der Waals surface area contributed by atoms with Crippen LogP contribution in [0.3, 0.4) is 0 Å². The van der Waals surface area contributed by atoms with Crippen LogP contribution in [0.1, 0.15) is 23.8 Å². The second kappa shape index (κ2) is 6.24. The van der Waals surface area contributed by atoms with Gasteiger partial charge in [-0.1, -0.05) is 24.3 Å². The summed E-state index contributed by atoms with van der Waals surface area (Å²) in [6.45, 7) is 0. The van der Waals surface area contributed by atoms with Gasteiger partial charge >= 0.3 is 0 Å². The number of aliphatic imine (C=N–C) groups is 1. The minimum atomic E-state index is 0.0357. The standard InChI is InChI=1S/C20H18N2O2/c1-23-15-7-4-6-14(12-15)18-13-19(20-10-5-11-24-20)22-17-9-3-2-8-16(17)21-18/h2-12,19,22H,13H2,1H3. The third kappa shape index (κ3) is 2.78. The minimum Gasteiger partial charge on any atom is -0.497 e. The van der Waals surface area contributed by atoms with Gasteiger partial charge in [-0.25, -0.2) is 0 Å². The van der Waals surface area contributed by atoms with E-state index in [1.807, 2.05) is 54.6 Å². The maximum absolute atomic E-state index is 5.63. The highest BCUT2D eigenvalue weighted by Gasteiger charge is 2.22. The Balaban J connectivity index is 1.80. The number of methoxy groups -OCH3 is 1. The maximum Gasteiger partial charge on any atom is 0.126 e.